The summed E-state index contributed by atoms with van der Waals surface area (Å²) in [5.74, 6) is 0. The molecule has 2 N–H and O–H groups in total. The van der Waals surface area contributed by atoms with Crippen LogP contribution < -0.4 is 10.3 Å². The third kappa shape index (κ3) is 5.75. The van der Waals surface area contributed by atoms with Crippen LogP contribution in [0, 0.1) is 6.92 Å². The molecule has 0 aliphatic carbocycles. The van der Waals surface area contributed by atoms with E-state index < -0.39 is 21.7 Å². The van der Waals surface area contributed by atoms with Crippen LogP contribution in [0.4, 0.5) is 4.79 Å². The van der Waals surface area contributed by atoms with Crippen LogP contribution in [0.2, 0.25) is 0 Å². The zero-order valence-corrected chi connectivity index (χ0v) is 15.8. The number of aryl methyl sites for hydroxylation is 1. The van der Waals surface area contributed by atoms with Crippen LogP contribution in [-0.4, -0.2) is 31.6 Å². The molecule has 1 aliphatic heterocycles. The topological polar surface area (TPSA) is 87.7 Å². The molecule has 0 atom stereocenters. The van der Waals surface area contributed by atoms with Gasteiger partial charge in [-0.05, 0) is 52.7 Å². The van der Waals surface area contributed by atoms with E-state index >= 15 is 0 Å². The molecule has 0 spiro atoms. The molecule has 8 heteroatoms. The minimum atomic E-state index is -3.68. The van der Waals surface area contributed by atoms with Gasteiger partial charge in [0.25, 0.3) is 10.0 Å². The lowest BCUT2D eigenvalue weighted by molar-refractivity contribution is 0.0323. The van der Waals surface area contributed by atoms with Gasteiger partial charge in [-0.3, -0.25) is 4.90 Å². The fourth-order valence-electron chi connectivity index (χ4n) is 2.23. The molecule has 0 bridgehead atoms. The minimum Gasteiger partial charge on any atom is -0.443 e. The second kappa shape index (κ2) is 7.45. The molecule has 25 heavy (non-hydrogen) atoms. The number of nitrogens with zero attached hydrogens (tertiary/aromatic N) is 1. The van der Waals surface area contributed by atoms with Gasteiger partial charge in [-0.15, -0.1) is 4.83 Å². The standard InChI is InChI=1S/C17H25N3O4S/c1-13-7-9-15(10-8-13)25(22,23)19-18-14-6-5-11-20(12-14)16(21)24-17(2,3)4/h7-10,12,18-19H,5-6,11H2,1-4H3. The number of hydrogen-bond donors (Lipinski definition) is 2. The van der Waals surface area contributed by atoms with Crippen molar-refractivity contribution in [2.24, 2.45) is 0 Å². The number of rotatable bonds is 4. The summed E-state index contributed by atoms with van der Waals surface area (Å²) in [5, 5.41) is 0. The summed E-state index contributed by atoms with van der Waals surface area (Å²) in [7, 11) is -3.68. The maximum absolute atomic E-state index is 12.3. The average molecular weight is 367 g/mol. The molecule has 0 saturated heterocycles. The highest BCUT2D eigenvalue weighted by Gasteiger charge is 2.23. The number of hydrazine groups is 1. The number of nitrogens with one attached hydrogen (secondary N) is 2. The first-order chi connectivity index (χ1) is 11.6. The van der Waals surface area contributed by atoms with Crippen molar-refractivity contribution in [3.63, 3.8) is 0 Å². The fraction of sp³-hybridized carbons (Fsp3) is 0.471. The number of amides is 1. The predicted molar refractivity (Wildman–Crippen MR) is 94.9 cm³/mol. The summed E-state index contributed by atoms with van der Waals surface area (Å²) in [6.07, 6.45) is 2.47. The smallest absolute Gasteiger partial charge is 0.414 e. The van der Waals surface area contributed by atoms with E-state index in [2.05, 4.69) is 10.3 Å². The highest BCUT2D eigenvalue weighted by molar-refractivity contribution is 7.89. The normalized spacial score (nSPS) is 15.5. The van der Waals surface area contributed by atoms with Crippen LogP contribution in [0.1, 0.15) is 39.2 Å². The van der Waals surface area contributed by atoms with Gasteiger partial charge in [-0.2, -0.15) is 0 Å². The van der Waals surface area contributed by atoms with Crippen molar-refractivity contribution in [2.45, 2.75) is 51.0 Å². The highest BCUT2D eigenvalue weighted by Crippen LogP contribution is 2.17. The zero-order valence-electron chi connectivity index (χ0n) is 15.0. The Balaban J connectivity index is 2.02. The molecule has 0 saturated carbocycles. The molecule has 1 aliphatic rings. The predicted octanol–water partition coefficient (Wildman–Crippen LogP) is 2.65. The van der Waals surface area contributed by atoms with E-state index in [-0.39, 0.29) is 4.90 Å². The maximum atomic E-state index is 12.3. The van der Waals surface area contributed by atoms with E-state index in [0.717, 1.165) is 5.56 Å². The van der Waals surface area contributed by atoms with E-state index in [4.69, 9.17) is 4.74 Å². The Morgan fingerprint density at radius 2 is 1.84 bits per heavy atom. The molecule has 1 heterocycles. The third-order valence-corrected chi connectivity index (χ3v) is 4.73. The summed E-state index contributed by atoms with van der Waals surface area (Å²) in [6, 6.07) is 6.56. The second-order valence-electron chi connectivity index (χ2n) is 6.98. The van der Waals surface area contributed by atoms with Crippen molar-refractivity contribution in [2.75, 3.05) is 6.54 Å². The monoisotopic (exact) mass is 367 g/mol. The van der Waals surface area contributed by atoms with E-state index in [0.29, 0.717) is 25.1 Å². The first kappa shape index (κ1) is 19.3. The van der Waals surface area contributed by atoms with Crippen LogP contribution in [0.3, 0.4) is 0 Å². The molecular formula is C17H25N3O4S. The number of hydrogen-bond acceptors (Lipinski definition) is 5. The van der Waals surface area contributed by atoms with Crippen LogP contribution in [0.25, 0.3) is 0 Å². The first-order valence-corrected chi connectivity index (χ1v) is 9.60. The summed E-state index contributed by atoms with van der Waals surface area (Å²) in [6.45, 7) is 7.82. The van der Waals surface area contributed by atoms with Crippen LogP contribution in [0.15, 0.2) is 41.1 Å². The van der Waals surface area contributed by atoms with Crippen molar-refractivity contribution in [3.8, 4) is 0 Å². The molecule has 1 aromatic carbocycles. The van der Waals surface area contributed by atoms with Gasteiger partial charge in [0.05, 0.1) is 4.90 Å². The van der Waals surface area contributed by atoms with E-state index in [1.165, 1.54) is 4.90 Å². The van der Waals surface area contributed by atoms with E-state index in [9.17, 15) is 13.2 Å². The Kier molecular flexibility index (Phi) is 5.74. The Morgan fingerprint density at radius 3 is 2.44 bits per heavy atom. The number of allylic oxidation sites excluding steroid dienone is 1. The lowest BCUT2D eigenvalue weighted by atomic mass is 10.2. The Hall–Kier alpha value is -2.06. The van der Waals surface area contributed by atoms with Gasteiger partial charge in [0, 0.05) is 18.4 Å². The largest absolute Gasteiger partial charge is 0.443 e. The average Bonchev–Trinajstić information content (AvgIpc) is 2.52. The molecular weight excluding hydrogens is 342 g/mol. The number of carbonyl (C=O) groups is 1. The zero-order chi connectivity index (χ0) is 18.7. The number of carbonyl (C=O) groups excluding carboxylic acids is 1. The minimum absolute atomic E-state index is 0.172. The quantitative estimate of drug-likeness (QED) is 0.799. The summed E-state index contributed by atoms with van der Waals surface area (Å²) < 4.78 is 29.9. The van der Waals surface area contributed by atoms with Crippen LogP contribution >= 0.6 is 0 Å². The summed E-state index contributed by atoms with van der Waals surface area (Å²) in [4.78, 5) is 16.1. The first-order valence-electron chi connectivity index (χ1n) is 8.12. The molecule has 2 rings (SSSR count). The highest BCUT2D eigenvalue weighted by atomic mass is 32.2. The van der Waals surface area contributed by atoms with Crippen molar-refractivity contribution in [1.82, 2.24) is 15.2 Å². The molecule has 1 amide bonds. The molecule has 138 valence electrons. The van der Waals surface area contributed by atoms with Gasteiger partial charge in [0.15, 0.2) is 0 Å². The van der Waals surface area contributed by atoms with Crippen LogP contribution in [-0.2, 0) is 14.8 Å². The Labute approximate surface area is 149 Å². The molecule has 0 radical (unpaired) electrons. The van der Waals surface area contributed by atoms with E-state index in [1.54, 1.807) is 51.2 Å². The number of benzene rings is 1. The van der Waals surface area contributed by atoms with Crippen LogP contribution in [0.5, 0.6) is 0 Å². The summed E-state index contributed by atoms with van der Waals surface area (Å²) >= 11 is 0. The Bertz CT molecular complexity index is 749. The van der Waals surface area contributed by atoms with Gasteiger partial charge in [-0.25, -0.2) is 13.2 Å². The number of sulfonamides is 1. The molecule has 0 fully saturated rings. The third-order valence-electron chi connectivity index (χ3n) is 3.46. The SMILES string of the molecule is Cc1ccc(S(=O)(=O)NNC2=CN(C(=O)OC(C)(C)C)CCC2)cc1. The fourth-order valence-corrected chi connectivity index (χ4v) is 3.10. The summed E-state index contributed by atoms with van der Waals surface area (Å²) in [5.41, 5.74) is 3.70. The van der Waals surface area contributed by atoms with Crippen molar-refractivity contribution in [3.05, 3.63) is 41.7 Å². The number of ether oxygens (including phenoxy) is 1. The molecule has 0 unspecified atom stereocenters. The van der Waals surface area contributed by atoms with E-state index in [1.807, 2.05) is 6.92 Å². The molecule has 1 aromatic rings. The van der Waals surface area contributed by atoms with Gasteiger partial charge >= 0.3 is 6.09 Å². The Morgan fingerprint density at radius 1 is 1.20 bits per heavy atom. The lowest BCUT2D eigenvalue weighted by Crippen LogP contribution is -2.41. The maximum Gasteiger partial charge on any atom is 0.414 e. The van der Waals surface area contributed by atoms with Crippen molar-refractivity contribution < 1.29 is 17.9 Å². The lowest BCUT2D eigenvalue weighted by Gasteiger charge is -2.28. The van der Waals surface area contributed by atoms with Gasteiger partial charge < -0.3 is 10.2 Å². The second-order valence-corrected chi connectivity index (χ2v) is 8.66. The van der Waals surface area contributed by atoms with Gasteiger partial charge in [-0.1, -0.05) is 17.7 Å². The molecule has 0 aromatic heterocycles. The van der Waals surface area contributed by atoms with Gasteiger partial charge in [0.2, 0.25) is 0 Å². The van der Waals surface area contributed by atoms with Crippen molar-refractivity contribution in [1.29, 1.82) is 0 Å². The van der Waals surface area contributed by atoms with Crippen molar-refractivity contribution >= 4 is 16.1 Å². The van der Waals surface area contributed by atoms with Gasteiger partial charge in [0.1, 0.15) is 5.60 Å². The molecule has 7 nitrogen and oxygen atoms in total.